The van der Waals surface area contributed by atoms with Gasteiger partial charge >= 0.3 is 6.03 Å². The van der Waals surface area contributed by atoms with Gasteiger partial charge in [0.25, 0.3) is 0 Å². The van der Waals surface area contributed by atoms with Crippen molar-refractivity contribution in [3.63, 3.8) is 0 Å². The first-order valence-corrected chi connectivity index (χ1v) is 4.83. The lowest BCUT2D eigenvalue weighted by molar-refractivity contribution is -0.0535. The molecule has 6 heteroatoms. The van der Waals surface area contributed by atoms with Crippen LogP contribution in [-0.2, 0) is 9.47 Å². The number of hydrogen-bond acceptors (Lipinski definition) is 4. The Morgan fingerprint density at radius 3 is 2.47 bits per heavy atom. The maximum atomic E-state index is 10.5. The van der Waals surface area contributed by atoms with Crippen LogP contribution in [0.4, 0.5) is 4.79 Å². The van der Waals surface area contributed by atoms with E-state index in [2.05, 4.69) is 17.5 Å². The standard InChI is InChI=1S/C9H19N3O3/c1-4-5-6-7(8(14-2)15-3)11-12-9(10)13/h8H,4-6H2,1-3H3,(H3,10,12,13). The van der Waals surface area contributed by atoms with Crippen LogP contribution in [0.3, 0.4) is 0 Å². The highest BCUT2D eigenvalue weighted by Gasteiger charge is 2.14. The number of methoxy groups -OCH3 is 2. The summed E-state index contributed by atoms with van der Waals surface area (Å²) in [6, 6.07) is -0.699. The molecular weight excluding hydrogens is 198 g/mol. The Kier molecular flexibility index (Phi) is 7.57. The third kappa shape index (κ3) is 6.03. The summed E-state index contributed by atoms with van der Waals surface area (Å²) in [7, 11) is 3.03. The Bertz CT molecular complexity index is 215. The number of nitrogens with zero attached hydrogens (tertiary/aromatic N) is 1. The molecule has 0 spiro atoms. The molecule has 0 aromatic carbocycles. The van der Waals surface area contributed by atoms with Crippen molar-refractivity contribution >= 4 is 11.7 Å². The fourth-order valence-corrected chi connectivity index (χ4v) is 1.08. The molecule has 0 aliphatic carbocycles. The van der Waals surface area contributed by atoms with Crippen LogP contribution in [0.25, 0.3) is 0 Å². The van der Waals surface area contributed by atoms with Gasteiger partial charge in [-0.1, -0.05) is 13.3 Å². The van der Waals surface area contributed by atoms with Crippen molar-refractivity contribution in [1.82, 2.24) is 5.43 Å². The van der Waals surface area contributed by atoms with Crippen LogP contribution >= 0.6 is 0 Å². The minimum Gasteiger partial charge on any atom is -0.351 e. The van der Waals surface area contributed by atoms with Gasteiger partial charge in [-0.15, -0.1) is 0 Å². The van der Waals surface area contributed by atoms with Crippen molar-refractivity contribution in [1.29, 1.82) is 0 Å². The summed E-state index contributed by atoms with van der Waals surface area (Å²) in [5.74, 6) is 0. The second-order valence-electron chi connectivity index (χ2n) is 2.99. The van der Waals surface area contributed by atoms with E-state index < -0.39 is 12.3 Å². The van der Waals surface area contributed by atoms with Crippen molar-refractivity contribution < 1.29 is 14.3 Å². The van der Waals surface area contributed by atoms with E-state index in [4.69, 9.17) is 15.2 Å². The molecule has 0 aliphatic heterocycles. The molecule has 0 heterocycles. The maximum Gasteiger partial charge on any atom is 0.332 e. The average Bonchev–Trinajstić information content (AvgIpc) is 2.22. The Morgan fingerprint density at radius 1 is 1.47 bits per heavy atom. The Hall–Kier alpha value is -1.14. The molecule has 0 radical (unpaired) electrons. The molecule has 0 saturated heterocycles. The van der Waals surface area contributed by atoms with E-state index in [1.165, 1.54) is 14.2 Å². The second-order valence-corrected chi connectivity index (χ2v) is 2.99. The van der Waals surface area contributed by atoms with Crippen LogP contribution in [0.5, 0.6) is 0 Å². The van der Waals surface area contributed by atoms with Crippen molar-refractivity contribution in [3.8, 4) is 0 Å². The van der Waals surface area contributed by atoms with Gasteiger partial charge in [-0.25, -0.2) is 10.2 Å². The third-order valence-corrected chi connectivity index (χ3v) is 1.80. The zero-order valence-corrected chi connectivity index (χ0v) is 9.45. The molecule has 6 nitrogen and oxygen atoms in total. The smallest absolute Gasteiger partial charge is 0.332 e. The molecule has 88 valence electrons. The van der Waals surface area contributed by atoms with Gasteiger partial charge in [-0.05, 0) is 12.8 Å². The molecule has 3 N–H and O–H groups in total. The average molecular weight is 217 g/mol. The largest absolute Gasteiger partial charge is 0.351 e. The van der Waals surface area contributed by atoms with Crippen molar-refractivity contribution in [3.05, 3.63) is 0 Å². The van der Waals surface area contributed by atoms with Crippen molar-refractivity contribution in [2.75, 3.05) is 14.2 Å². The molecule has 0 aromatic rings. The summed E-state index contributed by atoms with van der Waals surface area (Å²) >= 11 is 0. The van der Waals surface area contributed by atoms with Crippen molar-refractivity contribution in [2.45, 2.75) is 32.5 Å². The molecular formula is C9H19N3O3. The summed E-state index contributed by atoms with van der Waals surface area (Å²) in [5, 5.41) is 3.84. The molecule has 0 saturated carbocycles. The predicted octanol–water partition coefficient (Wildman–Crippen LogP) is 0.820. The zero-order valence-electron chi connectivity index (χ0n) is 9.45. The van der Waals surface area contributed by atoms with Gasteiger partial charge in [0.05, 0.1) is 5.71 Å². The van der Waals surface area contributed by atoms with E-state index in [0.29, 0.717) is 12.1 Å². The van der Waals surface area contributed by atoms with E-state index in [-0.39, 0.29) is 0 Å². The van der Waals surface area contributed by atoms with E-state index in [1.54, 1.807) is 0 Å². The highest BCUT2D eigenvalue weighted by Crippen LogP contribution is 2.04. The fraction of sp³-hybridized carbons (Fsp3) is 0.778. The van der Waals surface area contributed by atoms with Gasteiger partial charge in [0.2, 0.25) is 0 Å². The highest BCUT2D eigenvalue weighted by atomic mass is 16.7. The summed E-state index contributed by atoms with van der Waals surface area (Å²) in [6.45, 7) is 2.06. The second kappa shape index (κ2) is 8.19. The number of urea groups is 1. The lowest BCUT2D eigenvalue weighted by Crippen LogP contribution is -2.31. The van der Waals surface area contributed by atoms with Crippen LogP contribution in [0.1, 0.15) is 26.2 Å². The monoisotopic (exact) mass is 217 g/mol. The summed E-state index contributed by atoms with van der Waals surface area (Å²) in [5.41, 5.74) is 7.71. The van der Waals surface area contributed by atoms with Crippen LogP contribution in [-0.4, -0.2) is 32.3 Å². The first-order valence-electron chi connectivity index (χ1n) is 4.83. The summed E-state index contributed by atoms with van der Waals surface area (Å²) in [6.07, 6.45) is 2.13. The normalized spacial score (nSPS) is 11.9. The Labute approximate surface area is 89.8 Å². The number of amides is 2. The van der Waals surface area contributed by atoms with Gasteiger partial charge in [-0.2, -0.15) is 5.10 Å². The molecule has 2 amide bonds. The number of nitrogens with two attached hydrogens (primary N) is 1. The molecule has 0 unspecified atom stereocenters. The van der Waals surface area contributed by atoms with Crippen LogP contribution in [0.2, 0.25) is 0 Å². The van der Waals surface area contributed by atoms with E-state index in [0.717, 1.165) is 12.8 Å². The minimum atomic E-state index is -0.699. The number of hydrogen-bond donors (Lipinski definition) is 2. The highest BCUT2D eigenvalue weighted by molar-refractivity contribution is 5.88. The lowest BCUT2D eigenvalue weighted by atomic mass is 10.2. The van der Waals surface area contributed by atoms with E-state index in [1.807, 2.05) is 0 Å². The van der Waals surface area contributed by atoms with Gasteiger partial charge < -0.3 is 15.2 Å². The van der Waals surface area contributed by atoms with Gasteiger partial charge in [-0.3, -0.25) is 0 Å². The third-order valence-electron chi connectivity index (χ3n) is 1.80. The number of carbonyl (C=O) groups excluding carboxylic acids is 1. The van der Waals surface area contributed by atoms with Gasteiger partial charge in [0.1, 0.15) is 0 Å². The number of unbranched alkanes of at least 4 members (excludes halogenated alkanes) is 1. The Morgan fingerprint density at radius 2 is 2.07 bits per heavy atom. The molecule has 15 heavy (non-hydrogen) atoms. The number of primary amides is 1. The molecule has 0 fully saturated rings. The predicted molar refractivity (Wildman–Crippen MR) is 57.5 cm³/mol. The molecule has 0 aromatic heterocycles. The number of ether oxygens (including phenoxy) is 2. The van der Waals surface area contributed by atoms with Crippen LogP contribution in [0.15, 0.2) is 5.10 Å². The lowest BCUT2D eigenvalue weighted by Gasteiger charge is -2.15. The SMILES string of the molecule is CCCCC(=NNC(N)=O)C(OC)OC. The molecule has 0 bridgehead atoms. The van der Waals surface area contributed by atoms with Crippen molar-refractivity contribution in [2.24, 2.45) is 10.8 Å². The number of hydrazone groups is 1. The van der Waals surface area contributed by atoms with Gasteiger partial charge in [0.15, 0.2) is 6.29 Å². The van der Waals surface area contributed by atoms with Crippen LogP contribution < -0.4 is 11.2 Å². The molecule has 0 aliphatic rings. The minimum absolute atomic E-state index is 0.539. The number of rotatable bonds is 7. The molecule has 0 atom stereocenters. The molecule has 0 rings (SSSR count). The maximum absolute atomic E-state index is 10.5. The summed E-state index contributed by atoms with van der Waals surface area (Å²) in [4.78, 5) is 10.5. The van der Waals surface area contributed by atoms with E-state index in [9.17, 15) is 4.79 Å². The topological polar surface area (TPSA) is 85.9 Å². The first-order chi connectivity index (χ1) is 7.15. The number of nitrogens with one attached hydrogen (secondary N) is 1. The van der Waals surface area contributed by atoms with Gasteiger partial charge in [0, 0.05) is 14.2 Å². The first kappa shape index (κ1) is 13.9. The Balaban J connectivity index is 4.39. The fourth-order valence-electron chi connectivity index (χ4n) is 1.08. The quantitative estimate of drug-likeness (QED) is 0.376. The zero-order chi connectivity index (χ0) is 11.7. The van der Waals surface area contributed by atoms with E-state index >= 15 is 0 Å². The number of carbonyl (C=O) groups is 1. The van der Waals surface area contributed by atoms with Crippen LogP contribution in [0, 0.1) is 0 Å². The summed E-state index contributed by atoms with van der Waals surface area (Å²) < 4.78 is 10.1.